The van der Waals surface area contributed by atoms with Crippen LogP contribution >= 0.6 is 7.82 Å². The number of allylic oxidation sites excluding steroid dienone is 15. The molecule has 57 heavy (non-hydrogen) atoms. The molecule has 0 saturated heterocycles. The van der Waals surface area contributed by atoms with Crippen molar-refractivity contribution in [2.75, 3.05) is 40.9 Å². The topological polar surface area (TPSA) is 105 Å². The molecular weight excluding hydrogens is 732 g/mol. The first-order chi connectivity index (χ1) is 27.5. The van der Waals surface area contributed by atoms with E-state index in [1.165, 1.54) is 38.5 Å². The number of hydrogen-bond acceptors (Lipinski definition) is 5. The van der Waals surface area contributed by atoms with Gasteiger partial charge < -0.3 is 19.8 Å². The van der Waals surface area contributed by atoms with Crippen molar-refractivity contribution < 1.29 is 32.9 Å². The van der Waals surface area contributed by atoms with Crippen LogP contribution in [-0.4, -0.2) is 73.4 Å². The molecule has 9 heteroatoms. The van der Waals surface area contributed by atoms with Crippen molar-refractivity contribution in [1.82, 2.24) is 5.32 Å². The van der Waals surface area contributed by atoms with Crippen LogP contribution in [0.5, 0.6) is 0 Å². The molecule has 0 heterocycles. The molecule has 0 fully saturated rings. The van der Waals surface area contributed by atoms with Crippen LogP contribution < -0.4 is 5.32 Å². The first-order valence-corrected chi connectivity index (χ1v) is 23.6. The van der Waals surface area contributed by atoms with Crippen molar-refractivity contribution >= 4 is 13.7 Å². The SMILES string of the molecule is CC/C=C\C/C=C\C/C=C\C/C=C\C/C=C\CCCCCCCCCCCC(=O)NC(COP(=O)(O)OCC[N+](C)(C)C)C(O)/C=C/CC/C=C/CC/C=C/CC. The molecule has 0 rings (SSSR count). The van der Waals surface area contributed by atoms with Crippen molar-refractivity contribution in [1.29, 1.82) is 0 Å². The number of aliphatic hydroxyl groups is 1. The number of phosphoric acid groups is 1. The van der Waals surface area contributed by atoms with E-state index < -0.39 is 20.0 Å². The summed E-state index contributed by atoms with van der Waals surface area (Å²) in [5, 5.41) is 13.7. The highest BCUT2D eigenvalue weighted by Crippen LogP contribution is 2.43. The van der Waals surface area contributed by atoms with Gasteiger partial charge in [-0.05, 0) is 83.5 Å². The maximum absolute atomic E-state index is 12.8. The molecule has 0 radical (unpaired) electrons. The fourth-order valence-corrected chi connectivity index (χ4v) is 6.31. The van der Waals surface area contributed by atoms with Gasteiger partial charge in [0, 0.05) is 6.42 Å². The lowest BCUT2D eigenvalue weighted by Crippen LogP contribution is -2.45. The second kappa shape index (κ2) is 38.9. The van der Waals surface area contributed by atoms with Gasteiger partial charge in [-0.3, -0.25) is 13.8 Å². The van der Waals surface area contributed by atoms with Gasteiger partial charge in [-0.15, -0.1) is 0 Å². The summed E-state index contributed by atoms with van der Waals surface area (Å²) in [7, 11) is 1.52. The monoisotopic (exact) mass is 816 g/mol. The summed E-state index contributed by atoms with van der Waals surface area (Å²) in [5.41, 5.74) is 0. The number of hydrogen-bond donors (Lipinski definition) is 3. The molecule has 0 aromatic carbocycles. The van der Waals surface area contributed by atoms with Gasteiger partial charge in [0.2, 0.25) is 5.91 Å². The van der Waals surface area contributed by atoms with Gasteiger partial charge in [-0.25, -0.2) is 4.57 Å². The third-order valence-corrected chi connectivity index (χ3v) is 10.0. The van der Waals surface area contributed by atoms with Crippen LogP contribution in [0.3, 0.4) is 0 Å². The normalized spacial score (nSPS) is 15.3. The molecule has 0 saturated carbocycles. The maximum Gasteiger partial charge on any atom is 0.472 e. The number of carbonyl (C=O) groups is 1. The Morgan fingerprint density at radius 2 is 1.02 bits per heavy atom. The number of nitrogens with one attached hydrogen (secondary N) is 1. The predicted octanol–water partition coefficient (Wildman–Crippen LogP) is 12.4. The van der Waals surface area contributed by atoms with E-state index in [0.717, 1.165) is 89.9 Å². The molecular formula is C48H84N2O6P+. The van der Waals surface area contributed by atoms with Gasteiger partial charge >= 0.3 is 7.82 Å². The molecule has 326 valence electrons. The highest BCUT2D eigenvalue weighted by Gasteiger charge is 2.27. The van der Waals surface area contributed by atoms with Gasteiger partial charge in [0.05, 0.1) is 39.9 Å². The quantitative estimate of drug-likeness (QED) is 0.0248. The summed E-state index contributed by atoms with van der Waals surface area (Å²) in [4.78, 5) is 23.1. The average Bonchev–Trinajstić information content (AvgIpc) is 3.16. The molecule has 0 spiro atoms. The highest BCUT2D eigenvalue weighted by atomic mass is 31.2. The van der Waals surface area contributed by atoms with E-state index >= 15 is 0 Å². The van der Waals surface area contributed by atoms with Crippen LogP contribution in [0.15, 0.2) is 97.2 Å². The second-order valence-electron chi connectivity index (χ2n) is 15.6. The number of rotatable bonds is 38. The Morgan fingerprint density at radius 3 is 1.54 bits per heavy atom. The van der Waals surface area contributed by atoms with E-state index in [2.05, 4.69) is 104 Å². The minimum absolute atomic E-state index is 0.0466. The minimum Gasteiger partial charge on any atom is -0.387 e. The Bertz CT molecular complexity index is 1240. The largest absolute Gasteiger partial charge is 0.472 e. The first kappa shape index (κ1) is 54.4. The number of quaternary nitrogens is 1. The standard InChI is InChI=1S/C48H83N2O6P/c1-6-8-10-12-14-16-18-19-20-21-22-23-24-25-26-27-28-29-30-31-32-34-36-38-40-42-48(52)49-46(45-56-57(53,54)55-44-43-50(3,4)5)47(51)41-39-37-35-33-17-15-13-11-9-7-2/h8-11,14,16-17,19-20,22-23,25-26,33,39,41,46-47,51H,6-7,12-13,15,18,21,24,27-32,34-38,40,42-45H2,1-5H3,(H-,49,52,53,54)/p+1/b10-8-,11-9+,16-14-,20-19-,23-22-,26-25-,33-17+,41-39+. The smallest absolute Gasteiger partial charge is 0.387 e. The molecule has 0 aliphatic carbocycles. The van der Waals surface area contributed by atoms with E-state index in [-0.39, 0.29) is 19.1 Å². The predicted molar refractivity (Wildman–Crippen MR) is 244 cm³/mol. The zero-order valence-electron chi connectivity index (χ0n) is 36.8. The summed E-state index contributed by atoms with van der Waals surface area (Å²) < 4.78 is 23.5. The van der Waals surface area contributed by atoms with Crippen LogP contribution in [0.2, 0.25) is 0 Å². The lowest BCUT2D eigenvalue weighted by Gasteiger charge is -2.25. The fraction of sp³-hybridized carbons (Fsp3) is 0.646. The molecule has 1 amide bonds. The van der Waals surface area contributed by atoms with Gasteiger partial charge in [-0.2, -0.15) is 0 Å². The van der Waals surface area contributed by atoms with Crippen LogP contribution in [0, 0.1) is 0 Å². The van der Waals surface area contributed by atoms with Crippen LogP contribution in [0.4, 0.5) is 0 Å². The van der Waals surface area contributed by atoms with Crippen molar-refractivity contribution in [2.45, 2.75) is 161 Å². The third kappa shape index (κ3) is 41.4. The summed E-state index contributed by atoms with van der Waals surface area (Å²) >= 11 is 0. The average molecular weight is 816 g/mol. The van der Waals surface area contributed by atoms with E-state index in [1.807, 2.05) is 27.2 Å². The molecule has 3 N–H and O–H groups in total. The van der Waals surface area contributed by atoms with E-state index in [9.17, 15) is 19.4 Å². The van der Waals surface area contributed by atoms with Crippen LogP contribution in [0.25, 0.3) is 0 Å². The van der Waals surface area contributed by atoms with E-state index in [4.69, 9.17) is 9.05 Å². The molecule has 0 bridgehead atoms. The summed E-state index contributed by atoms with van der Waals surface area (Å²) in [6.45, 7) is 4.51. The molecule has 0 aliphatic heterocycles. The Morgan fingerprint density at radius 1 is 0.596 bits per heavy atom. The molecule has 3 atom stereocenters. The van der Waals surface area contributed by atoms with Gasteiger partial charge in [0.15, 0.2) is 0 Å². The van der Waals surface area contributed by atoms with Gasteiger partial charge in [-0.1, -0.05) is 156 Å². The zero-order chi connectivity index (χ0) is 42.1. The minimum atomic E-state index is -4.35. The van der Waals surface area contributed by atoms with Crippen molar-refractivity contribution in [3.63, 3.8) is 0 Å². The Labute approximate surface area is 349 Å². The Kier molecular flexibility index (Phi) is 37.2. The van der Waals surface area contributed by atoms with Crippen LogP contribution in [0.1, 0.15) is 149 Å². The lowest BCUT2D eigenvalue weighted by molar-refractivity contribution is -0.870. The molecule has 3 unspecified atom stereocenters. The van der Waals surface area contributed by atoms with Crippen molar-refractivity contribution in [3.05, 3.63) is 97.2 Å². The number of nitrogens with zero attached hydrogens (tertiary/aromatic N) is 1. The van der Waals surface area contributed by atoms with Crippen LogP contribution in [-0.2, 0) is 18.4 Å². The number of unbranched alkanes of at least 4 members (excludes halogenated alkanes) is 11. The number of carbonyl (C=O) groups excluding carboxylic acids is 1. The van der Waals surface area contributed by atoms with Crippen molar-refractivity contribution in [3.8, 4) is 0 Å². The lowest BCUT2D eigenvalue weighted by atomic mass is 10.1. The van der Waals surface area contributed by atoms with E-state index in [1.54, 1.807) is 6.08 Å². The highest BCUT2D eigenvalue weighted by molar-refractivity contribution is 7.47. The number of phosphoric ester groups is 1. The first-order valence-electron chi connectivity index (χ1n) is 22.1. The third-order valence-electron chi connectivity index (χ3n) is 9.03. The van der Waals surface area contributed by atoms with Gasteiger partial charge in [0.1, 0.15) is 13.2 Å². The Hall–Kier alpha value is -2.58. The maximum atomic E-state index is 12.8. The number of aliphatic hydroxyl groups excluding tert-OH is 1. The van der Waals surface area contributed by atoms with Gasteiger partial charge in [0.25, 0.3) is 0 Å². The number of likely N-dealkylation sites (N-methyl/N-ethyl adjacent to an activating group) is 1. The fourth-order valence-electron chi connectivity index (χ4n) is 5.58. The number of amides is 1. The molecule has 0 aromatic heterocycles. The van der Waals surface area contributed by atoms with Crippen molar-refractivity contribution in [2.24, 2.45) is 0 Å². The summed E-state index contributed by atoms with van der Waals surface area (Å²) in [6.07, 6.45) is 54.9. The zero-order valence-corrected chi connectivity index (χ0v) is 37.7. The summed E-state index contributed by atoms with van der Waals surface area (Å²) in [6, 6.07) is -0.877. The second-order valence-corrected chi connectivity index (χ2v) is 17.1. The molecule has 0 aliphatic rings. The van der Waals surface area contributed by atoms with E-state index in [0.29, 0.717) is 17.4 Å². The molecule has 0 aromatic rings. The Balaban J connectivity index is 4.31. The summed E-state index contributed by atoms with van der Waals surface area (Å²) in [5.74, 6) is -0.206. The molecule has 8 nitrogen and oxygen atoms in total.